The number of nitrogens with one attached hydrogen (secondary N) is 1. The van der Waals surface area contributed by atoms with E-state index in [0.29, 0.717) is 22.2 Å². The van der Waals surface area contributed by atoms with Gasteiger partial charge >= 0.3 is 0 Å². The average Bonchev–Trinajstić information content (AvgIpc) is 2.60. The van der Waals surface area contributed by atoms with Crippen molar-refractivity contribution in [2.24, 2.45) is 5.16 Å². The minimum Gasteiger partial charge on any atom is -0.386 e. The van der Waals surface area contributed by atoms with Crippen molar-refractivity contribution in [2.75, 3.05) is 18.9 Å². The molecular formula is C17H16Cl2N2O2S. The van der Waals surface area contributed by atoms with Crippen LogP contribution in [0, 0.1) is 0 Å². The van der Waals surface area contributed by atoms with E-state index in [4.69, 9.17) is 28.0 Å². The summed E-state index contributed by atoms with van der Waals surface area (Å²) < 4.78 is 0. The molecule has 1 amide bonds. The molecule has 4 nitrogen and oxygen atoms in total. The van der Waals surface area contributed by atoms with Gasteiger partial charge in [0.25, 0.3) is 5.91 Å². The number of carbonyl (C=O) groups excluding carboxylic acids is 1. The Bertz CT molecular complexity index is 696. The minimum atomic E-state index is -0.224. The van der Waals surface area contributed by atoms with Crippen LogP contribution in [0.1, 0.15) is 5.56 Å². The van der Waals surface area contributed by atoms with Crippen molar-refractivity contribution < 1.29 is 9.63 Å². The third-order valence-corrected chi connectivity index (χ3v) is 4.73. The van der Waals surface area contributed by atoms with Gasteiger partial charge in [-0.05, 0) is 18.2 Å². The fraction of sp³-hybridized carbons (Fsp3) is 0.176. The Morgan fingerprint density at radius 3 is 2.75 bits per heavy atom. The predicted molar refractivity (Wildman–Crippen MR) is 100 cm³/mol. The van der Waals surface area contributed by atoms with Gasteiger partial charge in [-0.3, -0.25) is 4.79 Å². The molecule has 0 aliphatic heterocycles. The van der Waals surface area contributed by atoms with E-state index < -0.39 is 0 Å². The Morgan fingerprint density at radius 1 is 1.17 bits per heavy atom. The molecule has 0 spiro atoms. The zero-order valence-corrected chi connectivity index (χ0v) is 15.1. The van der Waals surface area contributed by atoms with E-state index in [1.165, 1.54) is 11.1 Å². The van der Waals surface area contributed by atoms with Crippen LogP contribution in [-0.4, -0.2) is 31.0 Å². The van der Waals surface area contributed by atoms with Gasteiger partial charge in [-0.1, -0.05) is 58.7 Å². The lowest BCUT2D eigenvalue weighted by molar-refractivity contribution is -0.125. The molecule has 2 rings (SSSR count). The molecule has 0 radical (unpaired) electrons. The molecule has 0 fully saturated rings. The number of halogens is 2. The standard InChI is InChI=1S/C17H16Cl2N2O2S/c18-15-8-4-5-13(17(15)19)11-21-23-12-16(22)20-9-10-24-14-6-2-1-3-7-14/h1-8,11H,9-10,12H2,(H,20,22)/b21-11-. The molecule has 2 aromatic carbocycles. The van der Waals surface area contributed by atoms with Crippen molar-refractivity contribution in [3.8, 4) is 0 Å². The van der Waals surface area contributed by atoms with Crippen LogP contribution >= 0.6 is 35.0 Å². The lowest BCUT2D eigenvalue weighted by Gasteiger charge is -2.04. The number of hydrogen-bond donors (Lipinski definition) is 1. The lowest BCUT2D eigenvalue weighted by atomic mass is 10.2. The number of thioether (sulfide) groups is 1. The number of amides is 1. The van der Waals surface area contributed by atoms with Gasteiger partial charge in [0.15, 0.2) is 6.61 Å². The number of nitrogens with zero attached hydrogens (tertiary/aromatic N) is 1. The maximum Gasteiger partial charge on any atom is 0.260 e. The molecule has 0 saturated heterocycles. The Hall–Kier alpha value is -1.69. The number of hydrogen-bond acceptors (Lipinski definition) is 4. The van der Waals surface area contributed by atoms with Gasteiger partial charge in [-0.25, -0.2) is 0 Å². The zero-order chi connectivity index (χ0) is 17.2. The highest BCUT2D eigenvalue weighted by molar-refractivity contribution is 7.99. The van der Waals surface area contributed by atoms with Gasteiger partial charge < -0.3 is 10.2 Å². The monoisotopic (exact) mass is 382 g/mol. The predicted octanol–water partition coefficient (Wildman–Crippen LogP) is 4.25. The van der Waals surface area contributed by atoms with Crippen molar-refractivity contribution >= 4 is 47.1 Å². The molecular weight excluding hydrogens is 367 g/mol. The Morgan fingerprint density at radius 2 is 1.96 bits per heavy atom. The van der Waals surface area contributed by atoms with E-state index >= 15 is 0 Å². The lowest BCUT2D eigenvalue weighted by Crippen LogP contribution is -2.28. The maximum atomic E-state index is 11.6. The molecule has 0 aliphatic carbocycles. The molecule has 0 saturated carbocycles. The van der Waals surface area contributed by atoms with Crippen LogP contribution in [0.15, 0.2) is 58.6 Å². The molecule has 24 heavy (non-hydrogen) atoms. The number of oxime groups is 1. The van der Waals surface area contributed by atoms with E-state index in [1.54, 1.807) is 30.0 Å². The SMILES string of the molecule is O=C(CO/N=C\c1cccc(Cl)c1Cl)NCCSc1ccccc1. The van der Waals surface area contributed by atoms with Crippen LogP contribution in [0.3, 0.4) is 0 Å². The summed E-state index contributed by atoms with van der Waals surface area (Å²) in [6.45, 7) is 0.413. The Labute approximate surface area is 155 Å². The van der Waals surface area contributed by atoms with Gasteiger partial charge in [0.05, 0.1) is 16.3 Å². The fourth-order valence-corrected chi connectivity index (χ4v) is 2.88. The zero-order valence-electron chi connectivity index (χ0n) is 12.7. The van der Waals surface area contributed by atoms with Crippen LogP contribution in [-0.2, 0) is 9.63 Å². The first-order valence-corrected chi connectivity index (χ1v) is 8.95. The summed E-state index contributed by atoms with van der Waals surface area (Å²) in [5, 5.41) is 7.33. The normalized spacial score (nSPS) is 10.8. The number of rotatable bonds is 8. The van der Waals surface area contributed by atoms with Crippen molar-refractivity contribution in [1.82, 2.24) is 5.32 Å². The third-order valence-electron chi connectivity index (χ3n) is 2.88. The maximum absolute atomic E-state index is 11.6. The Balaban J connectivity index is 1.63. The molecule has 0 heterocycles. The first-order valence-electron chi connectivity index (χ1n) is 7.20. The summed E-state index contributed by atoms with van der Waals surface area (Å²) in [4.78, 5) is 17.8. The van der Waals surface area contributed by atoms with Gasteiger partial charge in [-0.2, -0.15) is 0 Å². The molecule has 126 valence electrons. The van der Waals surface area contributed by atoms with E-state index in [0.717, 1.165) is 5.75 Å². The molecule has 0 unspecified atom stereocenters. The smallest absolute Gasteiger partial charge is 0.260 e. The van der Waals surface area contributed by atoms with E-state index in [2.05, 4.69) is 10.5 Å². The summed E-state index contributed by atoms with van der Waals surface area (Å²) in [5.41, 5.74) is 0.629. The van der Waals surface area contributed by atoms with Crippen LogP contribution in [0.25, 0.3) is 0 Å². The van der Waals surface area contributed by atoms with Crippen molar-refractivity contribution in [1.29, 1.82) is 0 Å². The molecule has 0 aromatic heterocycles. The van der Waals surface area contributed by atoms with Crippen molar-refractivity contribution in [2.45, 2.75) is 4.90 Å². The summed E-state index contributed by atoms with van der Waals surface area (Å²) in [6.07, 6.45) is 1.42. The number of benzene rings is 2. The fourth-order valence-electron chi connectivity index (χ4n) is 1.74. The van der Waals surface area contributed by atoms with Gasteiger partial charge in [0, 0.05) is 22.8 Å². The van der Waals surface area contributed by atoms with Crippen LogP contribution in [0.5, 0.6) is 0 Å². The molecule has 0 aliphatic rings. The average molecular weight is 383 g/mol. The van der Waals surface area contributed by atoms with E-state index in [1.807, 2.05) is 30.3 Å². The summed E-state index contributed by atoms with van der Waals surface area (Å²) >= 11 is 13.6. The Kier molecular flexibility index (Phi) is 7.95. The molecule has 1 N–H and O–H groups in total. The van der Waals surface area contributed by atoms with Crippen molar-refractivity contribution in [3.63, 3.8) is 0 Å². The quantitative estimate of drug-likeness (QED) is 0.321. The second-order valence-corrected chi connectivity index (χ2v) is 6.62. The molecule has 0 bridgehead atoms. The first-order chi connectivity index (χ1) is 11.7. The highest BCUT2D eigenvalue weighted by atomic mass is 35.5. The third kappa shape index (κ3) is 6.43. The molecule has 7 heteroatoms. The second-order valence-electron chi connectivity index (χ2n) is 4.66. The highest BCUT2D eigenvalue weighted by Crippen LogP contribution is 2.24. The van der Waals surface area contributed by atoms with Gasteiger partial charge in [0.1, 0.15) is 0 Å². The van der Waals surface area contributed by atoms with Gasteiger partial charge in [-0.15, -0.1) is 11.8 Å². The summed E-state index contributed by atoms with van der Waals surface area (Å²) in [6, 6.07) is 15.2. The summed E-state index contributed by atoms with van der Waals surface area (Å²) in [5.74, 6) is 0.565. The highest BCUT2D eigenvalue weighted by Gasteiger charge is 2.03. The van der Waals surface area contributed by atoms with Gasteiger partial charge in [0.2, 0.25) is 0 Å². The van der Waals surface area contributed by atoms with E-state index in [-0.39, 0.29) is 12.5 Å². The van der Waals surface area contributed by atoms with E-state index in [9.17, 15) is 4.79 Å². The largest absolute Gasteiger partial charge is 0.386 e. The topological polar surface area (TPSA) is 50.7 Å². The second kappa shape index (κ2) is 10.2. The molecule has 0 atom stereocenters. The van der Waals surface area contributed by atoms with Crippen LogP contribution in [0.2, 0.25) is 10.0 Å². The minimum absolute atomic E-state index is 0.148. The summed E-state index contributed by atoms with van der Waals surface area (Å²) in [7, 11) is 0. The number of carbonyl (C=O) groups is 1. The van der Waals surface area contributed by atoms with Crippen molar-refractivity contribution in [3.05, 3.63) is 64.1 Å². The first kappa shape index (κ1) is 18.6. The van der Waals surface area contributed by atoms with Crippen LogP contribution < -0.4 is 5.32 Å². The van der Waals surface area contributed by atoms with Crippen LogP contribution in [0.4, 0.5) is 0 Å². The molecule has 2 aromatic rings.